The van der Waals surface area contributed by atoms with Crippen molar-refractivity contribution in [2.75, 3.05) is 18.8 Å². The van der Waals surface area contributed by atoms with Crippen molar-refractivity contribution in [1.82, 2.24) is 14.7 Å². The molecule has 1 rings (SSSR count). The second-order valence-electron chi connectivity index (χ2n) is 3.67. The van der Waals surface area contributed by atoms with Crippen LogP contribution in [0.3, 0.4) is 0 Å². The van der Waals surface area contributed by atoms with Gasteiger partial charge in [0.05, 0.1) is 11.9 Å². The zero-order valence-corrected chi connectivity index (χ0v) is 9.79. The van der Waals surface area contributed by atoms with E-state index in [4.69, 9.17) is 17.2 Å². The molecule has 0 spiro atoms. The molecule has 0 unspecified atom stereocenters. The number of nitrogen functional groups attached to an aromatic ring is 1. The highest BCUT2D eigenvalue weighted by Gasteiger charge is 2.24. The van der Waals surface area contributed by atoms with Crippen molar-refractivity contribution in [2.24, 2.45) is 18.5 Å². The zero-order valence-electron chi connectivity index (χ0n) is 9.79. The number of hydrogen-bond acceptors (Lipinski definition) is 5. The Morgan fingerprint density at radius 1 is 1.28 bits per heavy atom. The molecular formula is C9H14N6O3. The van der Waals surface area contributed by atoms with Gasteiger partial charge >= 0.3 is 0 Å². The van der Waals surface area contributed by atoms with Crippen molar-refractivity contribution >= 4 is 23.4 Å². The minimum atomic E-state index is -0.759. The van der Waals surface area contributed by atoms with Crippen LogP contribution in [-0.2, 0) is 16.6 Å². The van der Waals surface area contributed by atoms with Crippen molar-refractivity contribution in [3.05, 3.63) is 11.9 Å². The van der Waals surface area contributed by atoms with Gasteiger partial charge in [0.25, 0.3) is 5.91 Å². The summed E-state index contributed by atoms with van der Waals surface area (Å²) in [4.78, 5) is 34.7. The van der Waals surface area contributed by atoms with Gasteiger partial charge in [-0.3, -0.25) is 19.1 Å². The van der Waals surface area contributed by atoms with E-state index in [9.17, 15) is 14.4 Å². The summed E-state index contributed by atoms with van der Waals surface area (Å²) in [6, 6.07) is 0. The Kier molecular flexibility index (Phi) is 3.87. The van der Waals surface area contributed by atoms with Crippen molar-refractivity contribution in [3.8, 4) is 0 Å². The van der Waals surface area contributed by atoms with Crippen LogP contribution in [0.25, 0.3) is 0 Å². The van der Waals surface area contributed by atoms with Crippen LogP contribution in [0.1, 0.15) is 10.5 Å². The van der Waals surface area contributed by atoms with Gasteiger partial charge in [0.15, 0.2) is 0 Å². The van der Waals surface area contributed by atoms with Gasteiger partial charge in [-0.25, -0.2) is 0 Å². The van der Waals surface area contributed by atoms with E-state index in [1.165, 1.54) is 17.9 Å². The largest absolute Gasteiger partial charge is 0.396 e. The van der Waals surface area contributed by atoms with Crippen LogP contribution in [0.5, 0.6) is 0 Å². The van der Waals surface area contributed by atoms with Gasteiger partial charge in [-0.05, 0) is 0 Å². The summed E-state index contributed by atoms with van der Waals surface area (Å²) in [5, 5.41) is 3.79. The van der Waals surface area contributed by atoms with Gasteiger partial charge in [-0.2, -0.15) is 5.10 Å². The van der Waals surface area contributed by atoms with Crippen LogP contribution in [0.2, 0.25) is 0 Å². The standard InChI is InChI=1S/C9H14N6O3/c1-14-8(5(10)2-13-14)9(18)15(3-6(11)16)4-7(12)17/h2H,3-4,10H2,1H3,(H2,11,16)(H2,12,17). The molecule has 3 amide bonds. The molecule has 0 radical (unpaired) electrons. The Labute approximate surface area is 102 Å². The molecule has 1 heterocycles. The van der Waals surface area contributed by atoms with Gasteiger partial charge in [0.2, 0.25) is 11.8 Å². The van der Waals surface area contributed by atoms with Crippen LogP contribution in [0, 0.1) is 0 Å². The Morgan fingerprint density at radius 3 is 2.11 bits per heavy atom. The molecule has 1 aromatic heterocycles. The predicted octanol–water partition coefficient (Wildman–Crippen LogP) is -2.58. The zero-order chi connectivity index (χ0) is 13.9. The maximum absolute atomic E-state index is 12.1. The fourth-order valence-electron chi connectivity index (χ4n) is 1.44. The number of primary amides is 2. The van der Waals surface area contributed by atoms with E-state index in [0.29, 0.717) is 0 Å². The van der Waals surface area contributed by atoms with Crippen LogP contribution in [-0.4, -0.2) is 45.5 Å². The highest BCUT2D eigenvalue weighted by Crippen LogP contribution is 2.12. The molecule has 18 heavy (non-hydrogen) atoms. The third-order valence-electron chi connectivity index (χ3n) is 2.15. The van der Waals surface area contributed by atoms with Gasteiger partial charge in [0.1, 0.15) is 18.8 Å². The van der Waals surface area contributed by atoms with Crippen LogP contribution in [0.4, 0.5) is 5.69 Å². The number of aromatic nitrogens is 2. The quantitative estimate of drug-likeness (QED) is 0.527. The summed E-state index contributed by atoms with van der Waals surface area (Å²) in [6.07, 6.45) is 1.29. The number of nitrogens with two attached hydrogens (primary N) is 3. The van der Waals surface area contributed by atoms with Crippen LogP contribution in [0.15, 0.2) is 6.20 Å². The Hall–Kier alpha value is -2.58. The third-order valence-corrected chi connectivity index (χ3v) is 2.15. The first kappa shape index (κ1) is 13.5. The molecular weight excluding hydrogens is 240 g/mol. The Morgan fingerprint density at radius 2 is 1.78 bits per heavy atom. The fourth-order valence-corrected chi connectivity index (χ4v) is 1.44. The smallest absolute Gasteiger partial charge is 0.275 e. The fraction of sp³-hybridized carbons (Fsp3) is 0.333. The first-order valence-corrected chi connectivity index (χ1v) is 4.96. The number of carbonyl (C=O) groups is 3. The van der Waals surface area contributed by atoms with Crippen molar-refractivity contribution in [2.45, 2.75) is 0 Å². The molecule has 1 aromatic rings. The number of hydrogen-bond donors (Lipinski definition) is 3. The van der Waals surface area contributed by atoms with Gasteiger partial charge in [-0.15, -0.1) is 0 Å². The summed E-state index contributed by atoms with van der Waals surface area (Å²) in [7, 11) is 1.51. The number of aryl methyl sites for hydroxylation is 1. The number of carbonyl (C=O) groups excluding carboxylic acids is 3. The van der Waals surface area contributed by atoms with E-state index in [2.05, 4.69) is 5.10 Å². The lowest BCUT2D eigenvalue weighted by Crippen LogP contribution is -2.44. The Balaban J connectivity index is 3.02. The highest BCUT2D eigenvalue weighted by atomic mass is 16.2. The van der Waals surface area contributed by atoms with Gasteiger partial charge in [0, 0.05) is 7.05 Å². The lowest BCUT2D eigenvalue weighted by Gasteiger charge is -2.19. The minimum Gasteiger partial charge on any atom is -0.396 e. The Bertz CT molecular complexity index is 459. The van der Waals surface area contributed by atoms with E-state index < -0.39 is 30.8 Å². The number of anilines is 1. The van der Waals surface area contributed by atoms with Crippen molar-refractivity contribution in [3.63, 3.8) is 0 Å². The summed E-state index contributed by atoms with van der Waals surface area (Å²) < 4.78 is 1.24. The first-order chi connectivity index (χ1) is 8.32. The van der Waals surface area contributed by atoms with E-state index in [-0.39, 0.29) is 11.4 Å². The van der Waals surface area contributed by atoms with Crippen LogP contribution >= 0.6 is 0 Å². The molecule has 0 aliphatic heterocycles. The molecule has 0 atom stereocenters. The van der Waals surface area contributed by atoms with E-state index >= 15 is 0 Å². The lowest BCUT2D eigenvalue weighted by atomic mass is 10.3. The van der Waals surface area contributed by atoms with Crippen molar-refractivity contribution in [1.29, 1.82) is 0 Å². The van der Waals surface area contributed by atoms with Crippen LogP contribution < -0.4 is 17.2 Å². The number of rotatable bonds is 5. The summed E-state index contributed by atoms with van der Waals surface area (Å²) in [5.74, 6) is -2.15. The molecule has 0 aromatic carbocycles. The maximum atomic E-state index is 12.1. The molecule has 0 aliphatic rings. The predicted molar refractivity (Wildman–Crippen MR) is 61.9 cm³/mol. The molecule has 0 bridgehead atoms. The van der Waals surface area contributed by atoms with E-state index in [1.807, 2.05) is 0 Å². The molecule has 0 saturated heterocycles. The lowest BCUT2D eigenvalue weighted by molar-refractivity contribution is -0.121. The molecule has 0 aliphatic carbocycles. The average Bonchev–Trinajstić information content (AvgIpc) is 2.55. The molecule has 9 nitrogen and oxygen atoms in total. The maximum Gasteiger partial charge on any atom is 0.275 e. The second kappa shape index (κ2) is 5.17. The normalized spacial score (nSPS) is 10.1. The minimum absolute atomic E-state index is 0.0671. The van der Waals surface area contributed by atoms with E-state index in [1.54, 1.807) is 0 Å². The monoisotopic (exact) mass is 254 g/mol. The third kappa shape index (κ3) is 2.97. The average molecular weight is 254 g/mol. The number of amides is 3. The van der Waals surface area contributed by atoms with Gasteiger partial charge < -0.3 is 22.1 Å². The summed E-state index contributed by atoms with van der Waals surface area (Å²) in [5.41, 5.74) is 15.8. The van der Waals surface area contributed by atoms with E-state index in [0.717, 1.165) is 4.90 Å². The molecule has 0 fully saturated rings. The molecule has 6 N–H and O–H groups in total. The molecule has 0 saturated carbocycles. The van der Waals surface area contributed by atoms with Crippen molar-refractivity contribution < 1.29 is 14.4 Å². The topological polar surface area (TPSA) is 150 Å². The molecule has 9 heteroatoms. The SMILES string of the molecule is Cn1ncc(N)c1C(=O)N(CC(N)=O)CC(N)=O. The number of nitrogens with zero attached hydrogens (tertiary/aromatic N) is 3. The van der Waals surface area contributed by atoms with Gasteiger partial charge in [-0.1, -0.05) is 0 Å². The summed E-state index contributed by atoms with van der Waals surface area (Å²) in [6.45, 7) is -0.848. The highest BCUT2D eigenvalue weighted by molar-refractivity contribution is 6.00. The summed E-state index contributed by atoms with van der Waals surface area (Å²) >= 11 is 0. The molecule has 98 valence electrons. The second-order valence-corrected chi connectivity index (χ2v) is 3.67. The first-order valence-electron chi connectivity index (χ1n) is 4.96.